The van der Waals surface area contributed by atoms with Gasteiger partial charge >= 0.3 is 0 Å². The van der Waals surface area contributed by atoms with Gasteiger partial charge in [0.15, 0.2) is 4.96 Å². The van der Waals surface area contributed by atoms with Gasteiger partial charge in [-0.2, -0.15) is 0 Å². The summed E-state index contributed by atoms with van der Waals surface area (Å²) in [5.74, 6) is -0.210. The lowest BCUT2D eigenvalue weighted by atomic mass is 9.88. The number of rotatable bonds is 1. The first-order chi connectivity index (χ1) is 11.5. The molecule has 7 heteroatoms. The Kier molecular flexibility index (Phi) is 3.73. The Hall–Kier alpha value is -1.73. The fraction of sp³-hybridized carbons (Fsp3) is 0.588. The van der Waals surface area contributed by atoms with E-state index >= 15 is 0 Å². The summed E-state index contributed by atoms with van der Waals surface area (Å²) in [5.41, 5.74) is 0.731. The van der Waals surface area contributed by atoms with Crippen molar-refractivity contribution in [3.63, 3.8) is 0 Å². The Balaban J connectivity index is 1.61. The predicted octanol–water partition coefficient (Wildman–Crippen LogP) is 2.16. The SMILES string of the molecule is Cc1sc2ncc(C(=O)N3CCC4(CCCO4)CC3)c(=O)n2c1C. The Bertz CT molecular complexity index is 854. The molecule has 2 saturated heterocycles. The zero-order valence-electron chi connectivity index (χ0n) is 14.0. The van der Waals surface area contributed by atoms with E-state index in [1.54, 1.807) is 9.30 Å². The second kappa shape index (κ2) is 5.67. The van der Waals surface area contributed by atoms with Crippen LogP contribution >= 0.6 is 11.3 Å². The van der Waals surface area contributed by atoms with Crippen molar-refractivity contribution in [3.05, 3.63) is 32.7 Å². The van der Waals surface area contributed by atoms with E-state index in [4.69, 9.17) is 4.74 Å². The number of hydrogen-bond acceptors (Lipinski definition) is 5. The molecule has 6 nitrogen and oxygen atoms in total. The molecule has 128 valence electrons. The van der Waals surface area contributed by atoms with Gasteiger partial charge in [-0.1, -0.05) is 0 Å². The lowest BCUT2D eigenvalue weighted by molar-refractivity contribution is -0.0387. The van der Waals surface area contributed by atoms with Crippen molar-refractivity contribution in [2.45, 2.75) is 45.1 Å². The minimum absolute atomic E-state index is 0.0327. The molecule has 2 aliphatic rings. The van der Waals surface area contributed by atoms with Gasteiger partial charge in [-0.05, 0) is 39.5 Å². The van der Waals surface area contributed by atoms with Crippen LogP contribution in [0.25, 0.3) is 4.96 Å². The molecule has 4 rings (SSSR count). The third kappa shape index (κ3) is 2.38. The van der Waals surface area contributed by atoms with E-state index < -0.39 is 0 Å². The maximum atomic E-state index is 12.8. The van der Waals surface area contributed by atoms with Gasteiger partial charge in [-0.3, -0.25) is 14.0 Å². The van der Waals surface area contributed by atoms with Crippen LogP contribution in [0.5, 0.6) is 0 Å². The van der Waals surface area contributed by atoms with E-state index in [9.17, 15) is 9.59 Å². The van der Waals surface area contributed by atoms with Crippen molar-refractivity contribution in [1.82, 2.24) is 14.3 Å². The van der Waals surface area contributed by atoms with E-state index in [2.05, 4.69) is 4.98 Å². The number of fused-ring (bicyclic) bond motifs is 1. The summed E-state index contributed by atoms with van der Waals surface area (Å²) in [6.07, 6.45) is 5.33. The molecule has 0 atom stereocenters. The van der Waals surface area contributed by atoms with E-state index in [0.29, 0.717) is 18.1 Å². The first-order valence-electron chi connectivity index (χ1n) is 8.42. The second-order valence-electron chi connectivity index (χ2n) is 6.77. The van der Waals surface area contributed by atoms with Crippen molar-refractivity contribution in [2.75, 3.05) is 19.7 Å². The lowest BCUT2D eigenvalue weighted by Crippen LogP contribution is -2.47. The van der Waals surface area contributed by atoms with Crippen molar-refractivity contribution in [3.8, 4) is 0 Å². The quantitative estimate of drug-likeness (QED) is 0.793. The molecule has 0 radical (unpaired) electrons. The molecule has 0 aromatic carbocycles. The molecule has 0 aliphatic carbocycles. The summed E-state index contributed by atoms with van der Waals surface area (Å²) in [4.78, 5) is 33.4. The molecule has 4 heterocycles. The molecular weight excluding hydrogens is 326 g/mol. The normalized spacial score (nSPS) is 20.2. The van der Waals surface area contributed by atoms with Crippen LogP contribution in [-0.2, 0) is 4.74 Å². The standard InChI is InChI=1S/C17H21N3O3S/c1-11-12(2)24-16-18-10-13(15(22)20(11)16)14(21)19-7-5-17(6-8-19)4-3-9-23-17/h10H,3-9H2,1-2H3. The largest absolute Gasteiger partial charge is 0.375 e. The number of aromatic nitrogens is 2. The van der Waals surface area contributed by atoms with Gasteiger partial charge in [-0.25, -0.2) is 4.98 Å². The Morgan fingerprint density at radius 1 is 1.29 bits per heavy atom. The van der Waals surface area contributed by atoms with Gasteiger partial charge in [0.05, 0.1) is 5.60 Å². The minimum Gasteiger partial charge on any atom is -0.375 e. The number of aryl methyl sites for hydroxylation is 2. The lowest BCUT2D eigenvalue weighted by Gasteiger charge is -2.38. The van der Waals surface area contributed by atoms with Crippen LogP contribution in [0.2, 0.25) is 0 Å². The van der Waals surface area contributed by atoms with E-state index in [-0.39, 0.29) is 22.6 Å². The van der Waals surface area contributed by atoms with Gasteiger partial charge in [0.2, 0.25) is 0 Å². The summed E-state index contributed by atoms with van der Waals surface area (Å²) < 4.78 is 7.45. The molecule has 1 spiro atoms. The second-order valence-corrected chi connectivity index (χ2v) is 7.95. The van der Waals surface area contributed by atoms with Gasteiger partial charge in [0.1, 0.15) is 5.56 Å². The van der Waals surface area contributed by atoms with Crippen molar-refractivity contribution >= 4 is 22.2 Å². The Morgan fingerprint density at radius 3 is 2.71 bits per heavy atom. The average Bonchev–Trinajstić information content (AvgIpc) is 3.14. The van der Waals surface area contributed by atoms with Crippen molar-refractivity contribution in [2.24, 2.45) is 0 Å². The number of nitrogens with zero attached hydrogens (tertiary/aromatic N) is 3. The predicted molar refractivity (Wildman–Crippen MR) is 91.9 cm³/mol. The van der Waals surface area contributed by atoms with Gasteiger partial charge in [0.25, 0.3) is 11.5 Å². The first kappa shape index (κ1) is 15.8. The number of hydrogen-bond donors (Lipinski definition) is 0. The van der Waals surface area contributed by atoms with Crippen LogP contribution in [0.4, 0.5) is 0 Å². The summed E-state index contributed by atoms with van der Waals surface area (Å²) in [7, 11) is 0. The number of piperidine rings is 1. The molecule has 2 aromatic heterocycles. The molecule has 1 amide bonds. The Labute approximate surface area is 144 Å². The monoisotopic (exact) mass is 347 g/mol. The average molecular weight is 347 g/mol. The highest BCUT2D eigenvalue weighted by Crippen LogP contribution is 2.35. The smallest absolute Gasteiger partial charge is 0.271 e. The maximum absolute atomic E-state index is 12.8. The summed E-state index contributed by atoms with van der Waals surface area (Å²) >= 11 is 1.47. The third-order valence-electron chi connectivity index (χ3n) is 5.40. The van der Waals surface area contributed by atoms with Crippen LogP contribution in [0.1, 0.15) is 46.6 Å². The molecular formula is C17H21N3O3S. The summed E-state index contributed by atoms with van der Waals surface area (Å²) in [6, 6.07) is 0. The molecule has 0 saturated carbocycles. The summed E-state index contributed by atoms with van der Waals surface area (Å²) in [6.45, 7) is 5.96. The highest BCUT2D eigenvalue weighted by atomic mass is 32.1. The summed E-state index contributed by atoms with van der Waals surface area (Å²) in [5, 5.41) is 0. The van der Waals surface area contributed by atoms with Gasteiger partial charge < -0.3 is 9.64 Å². The van der Waals surface area contributed by atoms with Crippen LogP contribution in [0.3, 0.4) is 0 Å². The van der Waals surface area contributed by atoms with Crippen LogP contribution in [-0.4, -0.2) is 45.5 Å². The van der Waals surface area contributed by atoms with Gasteiger partial charge in [-0.15, -0.1) is 11.3 Å². The van der Waals surface area contributed by atoms with E-state index in [1.807, 2.05) is 13.8 Å². The number of carbonyl (C=O) groups excluding carboxylic acids is 1. The number of amides is 1. The zero-order valence-corrected chi connectivity index (χ0v) is 14.8. The highest BCUT2D eigenvalue weighted by Gasteiger charge is 2.39. The van der Waals surface area contributed by atoms with Crippen LogP contribution in [0.15, 0.2) is 11.0 Å². The molecule has 2 fully saturated rings. The zero-order chi connectivity index (χ0) is 16.9. The minimum atomic E-state index is -0.260. The molecule has 24 heavy (non-hydrogen) atoms. The van der Waals surface area contributed by atoms with Crippen molar-refractivity contribution in [1.29, 1.82) is 0 Å². The fourth-order valence-corrected chi connectivity index (χ4v) is 4.69. The molecule has 0 unspecified atom stereocenters. The van der Waals surface area contributed by atoms with Crippen LogP contribution < -0.4 is 5.56 Å². The number of ether oxygens (including phenoxy) is 1. The third-order valence-corrected chi connectivity index (χ3v) is 6.47. The topological polar surface area (TPSA) is 63.9 Å². The van der Waals surface area contributed by atoms with Gasteiger partial charge in [0, 0.05) is 36.5 Å². The Morgan fingerprint density at radius 2 is 2.04 bits per heavy atom. The number of likely N-dealkylation sites (tertiary alicyclic amines) is 1. The molecule has 0 N–H and O–H groups in total. The fourth-order valence-electron chi connectivity index (χ4n) is 3.76. The maximum Gasteiger partial charge on any atom is 0.271 e. The van der Waals surface area contributed by atoms with Crippen molar-refractivity contribution < 1.29 is 9.53 Å². The molecule has 0 bridgehead atoms. The molecule has 2 aliphatic heterocycles. The number of carbonyl (C=O) groups is 1. The first-order valence-corrected chi connectivity index (χ1v) is 9.23. The van der Waals surface area contributed by atoms with Crippen LogP contribution in [0, 0.1) is 13.8 Å². The highest BCUT2D eigenvalue weighted by molar-refractivity contribution is 7.17. The van der Waals surface area contributed by atoms with E-state index in [0.717, 1.165) is 42.9 Å². The molecule has 2 aromatic rings. The number of thiazole rings is 1. The van der Waals surface area contributed by atoms with E-state index in [1.165, 1.54) is 17.5 Å².